The number of hydrogen-bond acceptors (Lipinski definition) is 3. The molecule has 1 amide bonds. The van der Waals surface area contributed by atoms with Gasteiger partial charge in [-0.15, -0.1) is 11.3 Å². The summed E-state index contributed by atoms with van der Waals surface area (Å²) in [6, 6.07) is 2.16. The smallest absolute Gasteiger partial charge is 0.261 e. The zero-order valence-electron chi connectivity index (χ0n) is 12.4. The fraction of sp³-hybridized carbons (Fsp3) is 0.688. The first-order chi connectivity index (χ1) is 9.63. The monoisotopic (exact) mass is 295 g/mol. The Hall–Kier alpha value is -0.870. The summed E-state index contributed by atoms with van der Waals surface area (Å²) < 4.78 is 0. The van der Waals surface area contributed by atoms with Gasteiger partial charge in [0.25, 0.3) is 5.91 Å². The lowest BCUT2D eigenvalue weighted by Crippen LogP contribution is -2.41. The maximum absolute atomic E-state index is 12.5. The second-order valence-electron chi connectivity index (χ2n) is 6.02. The Morgan fingerprint density at radius 2 is 2.15 bits per heavy atom. The molecule has 112 valence electrons. The Morgan fingerprint density at radius 3 is 2.85 bits per heavy atom. The van der Waals surface area contributed by atoms with Crippen LogP contribution in [0.4, 0.5) is 0 Å². The minimum absolute atomic E-state index is 0.0362. The van der Waals surface area contributed by atoms with Gasteiger partial charge in [0, 0.05) is 18.6 Å². The molecule has 0 spiro atoms. The molecule has 1 aliphatic carbocycles. The number of amides is 1. The van der Waals surface area contributed by atoms with E-state index in [0.717, 1.165) is 36.1 Å². The maximum Gasteiger partial charge on any atom is 0.261 e. The van der Waals surface area contributed by atoms with Crippen LogP contribution >= 0.6 is 11.3 Å². The largest absolute Gasteiger partial charge is 0.396 e. The van der Waals surface area contributed by atoms with Crippen molar-refractivity contribution in [2.24, 2.45) is 5.92 Å². The third-order valence-electron chi connectivity index (χ3n) is 4.23. The summed E-state index contributed by atoms with van der Waals surface area (Å²) in [5.74, 6) is 0.614. The van der Waals surface area contributed by atoms with E-state index in [-0.39, 0.29) is 24.5 Å². The third-order valence-corrected chi connectivity index (χ3v) is 5.16. The Balaban J connectivity index is 2.07. The number of thiophene rings is 1. The summed E-state index contributed by atoms with van der Waals surface area (Å²) >= 11 is 1.51. The van der Waals surface area contributed by atoms with Gasteiger partial charge in [-0.25, -0.2) is 0 Å². The van der Waals surface area contributed by atoms with Crippen LogP contribution in [0, 0.1) is 5.92 Å². The molecule has 0 bridgehead atoms. The van der Waals surface area contributed by atoms with E-state index in [1.165, 1.54) is 17.8 Å². The maximum atomic E-state index is 12.5. The molecule has 0 aliphatic heterocycles. The molecule has 1 fully saturated rings. The summed E-state index contributed by atoms with van der Waals surface area (Å²) in [6.45, 7) is 4.40. The first-order valence-electron chi connectivity index (χ1n) is 7.62. The fourth-order valence-electron chi connectivity index (χ4n) is 2.99. The standard InChI is InChI=1S/C16H25NO2S/c1-11(2)13-8-9-20-15(13)16(19)17-14-7-5-3-4-6-12(14)10-18/h8-9,11-12,14,18H,3-7,10H2,1-2H3,(H,17,19). The zero-order valence-corrected chi connectivity index (χ0v) is 13.2. The molecule has 2 N–H and O–H groups in total. The number of aliphatic hydroxyl groups excluding tert-OH is 1. The van der Waals surface area contributed by atoms with E-state index in [2.05, 4.69) is 19.2 Å². The molecule has 20 heavy (non-hydrogen) atoms. The van der Waals surface area contributed by atoms with Crippen molar-refractivity contribution in [3.05, 3.63) is 21.9 Å². The quantitative estimate of drug-likeness (QED) is 0.835. The molecule has 1 aliphatic rings. The summed E-state index contributed by atoms with van der Waals surface area (Å²) in [5, 5.41) is 14.7. The molecule has 1 aromatic heterocycles. The Kier molecular flexibility index (Phi) is 5.61. The van der Waals surface area contributed by atoms with E-state index in [1.54, 1.807) is 0 Å². The van der Waals surface area contributed by atoms with Gasteiger partial charge in [-0.1, -0.05) is 33.1 Å². The lowest BCUT2D eigenvalue weighted by Gasteiger charge is -2.24. The molecule has 4 heteroatoms. The molecule has 2 unspecified atom stereocenters. The lowest BCUT2D eigenvalue weighted by atomic mass is 9.95. The van der Waals surface area contributed by atoms with E-state index in [9.17, 15) is 9.90 Å². The Bertz CT molecular complexity index is 441. The highest BCUT2D eigenvalue weighted by atomic mass is 32.1. The fourth-order valence-corrected chi connectivity index (χ4v) is 3.94. The molecule has 0 radical (unpaired) electrons. The van der Waals surface area contributed by atoms with Gasteiger partial charge in [-0.2, -0.15) is 0 Å². The van der Waals surface area contributed by atoms with Crippen molar-refractivity contribution >= 4 is 17.2 Å². The minimum atomic E-state index is 0.0362. The molecular formula is C16H25NO2S. The number of nitrogens with one attached hydrogen (secondary N) is 1. The Morgan fingerprint density at radius 1 is 1.40 bits per heavy atom. The van der Waals surface area contributed by atoms with Gasteiger partial charge < -0.3 is 10.4 Å². The van der Waals surface area contributed by atoms with Gasteiger partial charge >= 0.3 is 0 Å². The van der Waals surface area contributed by atoms with Crippen molar-refractivity contribution in [3.63, 3.8) is 0 Å². The van der Waals surface area contributed by atoms with E-state index in [0.29, 0.717) is 5.92 Å². The van der Waals surface area contributed by atoms with Gasteiger partial charge in [-0.05, 0) is 35.8 Å². The van der Waals surface area contributed by atoms with Crippen molar-refractivity contribution in [1.82, 2.24) is 5.32 Å². The zero-order chi connectivity index (χ0) is 14.5. The predicted octanol–water partition coefficient (Wildman–Crippen LogP) is 3.54. The lowest BCUT2D eigenvalue weighted by molar-refractivity contribution is 0.0902. The minimum Gasteiger partial charge on any atom is -0.396 e. The van der Waals surface area contributed by atoms with Crippen LogP contribution in [0.2, 0.25) is 0 Å². The number of aliphatic hydroxyl groups is 1. The van der Waals surface area contributed by atoms with Crippen molar-refractivity contribution < 1.29 is 9.90 Å². The Labute approximate surface area is 125 Å². The van der Waals surface area contributed by atoms with Gasteiger partial charge in [-0.3, -0.25) is 4.79 Å². The van der Waals surface area contributed by atoms with Gasteiger partial charge in [0.1, 0.15) is 0 Å². The van der Waals surface area contributed by atoms with Crippen molar-refractivity contribution in [2.75, 3.05) is 6.61 Å². The normalized spacial score (nSPS) is 23.6. The summed E-state index contributed by atoms with van der Waals surface area (Å²) in [7, 11) is 0. The van der Waals surface area contributed by atoms with Gasteiger partial charge in [0.15, 0.2) is 0 Å². The van der Waals surface area contributed by atoms with E-state index in [1.807, 2.05) is 11.4 Å². The number of hydrogen-bond donors (Lipinski definition) is 2. The number of carbonyl (C=O) groups excluding carboxylic acids is 1. The molecule has 1 heterocycles. The van der Waals surface area contributed by atoms with Crippen LogP contribution in [0.5, 0.6) is 0 Å². The molecular weight excluding hydrogens is 270 g/mol. The first-order valence-corrected chi connectivity index (χ1v) is 8.50. The molecule has 2 rings (SSSR count). The highest BCUT2D eigenvalue weighted by Gasteiger charge is 2.26. The molecule has 0 aromatic carbocycles. The average Bonchev–Trinajstić information content (AvgIpc) is 2.81. The van der Waals surface area contributed by atoms with Crippen LogP contribution < -0.4 is 5.32 Å². The summed E-state index contributed by atoms with van der Waals surface area (Å²) in [6.07, 6.45) is 5.51. The summed E-state index contributed by atoms with van der Waals surface area (Å²) in [4.78, 5) is 13.3. The van der Waals surface area contributed by atoms with E-state index >= 15 is 0 Å². The molecule has 1 saturated carbocycles. The summed E-state index contributed by atoms with van der Waals surface area (Å²) in [5.41, 5.74) is 1.13. The molecule has 3 nitrogen and oxygen atoms in total. The highest BCUT2D eigenvalue weighted by molar-refractivity contribution is 7.12. The predicted molar refractivity (Wildman–Crippen MR) is 83.3 cm³/mol. The van der Waals surface area contributed by atoms with Crippen LogP contribution in [0.1, 0.15) is 67.1 Å². The van der Waals surface area contributed by atoms with Crippen molar-refractivity contribution in [1.29, 1.82) is 0 Å². The topological polar surface area (TPSA) is 49.3 Å². The average molecular weight is 295 g/mol. The molecule has 1 aromatic rings. The van der Waals surface area contributed by atoms with Crippen molar-refractivity contribution in [3.8, 4) is 0 Å². The highest BCUT2D eigenvalue weighted by Crippen LogP contribution is 2.27. The molecule has 2 atom stereocenters. The van der Waals surface area contributed by atoms with Crippen molar-refractivity contribution in [2.45, 2.75) is 57.9 Å². The van der Waals surface area contributed by atoms with E-state index < -0.39 is 0 Å². The second kappa shape index (κ2) is 7.23. The van der Waals surface area contributed by atoms with Crippen LogP contribution in [0.3, 0.4) is 0 Å². The first kappa shape index (κ1) is 15.5. The van der Waals surface area contributed by atoms with Crippen LogP contribution in [0.15, 0.2) is 11.4 Å². The number of rotatable bonds is 4. The SMILES string of the molecule is CC(C)c1ccsc1C(=O)NC1CCCCCC1CO. The van der Waals surface area contributed by atoms with E-state index in [4.69, 9.17) is 0 Å². The third kappa shape index (κ3) is 3.61. The van der Waals surface area contributed by atoms with Crippen LogP contribution in [0.25, 0.3) is 0 Å². The van der Waals surface area contributed by atoms with Gasteiger partial charge in [0.2, 0.25) is 0 Å². The number of carbonyl (C=O) groups is 1. The van der Waals surface area contributed by atoms with Crippen LogP contribution in [-0.4, -0.2) is 23.7 Å². The van der Waals surface area contributed by atoms with Gasteiger partial charge in [0.05, 0.1) is 4.88 Å². The van der Waals surface area contributed by atoms with Crippen LogP contribution in [-0.2, 0) is 0 Å². The second-order valence-corrected chi connectivity index (χ2v) is 6.94. The molecule has 0 saturated heterocycles.